The van der Waals surface area contributed by atoms with Crippen LogP contribution < -0.4 is 4.72 Å². The zero-order valence-corrected chi connectivity index (χ0v) is 17.8. The fourth-order valence-corrected chi connectivity index (χ4v) is 4.62. The van der Waals surface area contributed by atoms with Crippen LogP contribution in [-0.2, 0) is 14.8 Å². The molecule has 0 aliphatic heterocycles. The van der Waals surface area contributed by atoms with Crippen molar-refractivity contribution in [3.05, 3.63) is 70.9 Å². The van der Waals surface area contributed by atoms with Gasteiger partial charge in [-0.1, -0.05) is 35.9 Å². The number of ether oxygens (including phenoxy) is 1. The highest BCUT2D eigenvalue weighted by Gasteiger charge is 2.26. The van der Waals surface area contributed by atoms with Gasteiger partial charge in [0.05, 0.1) is 22.6 Å². The van der Waals surface area contributed by atoms with Gasteiger partial charge in [-0.15, -0.1) is 0 Å². The molecule has 3 aromatic carbocycles. The van der Waals surface area contributed by atoms with Gasteiger partial charge in [0.15, 0.2) is 0 Å². The summed E-state index contributed by atoms with van der Waals surface area (Å²) in [5.41, 5.74) is 0.854. The van der Waals surface area contributed by atoms with E-state index in [1.54, 1.807) is 32.0 Å². The smallest absolute Gasteiger partial charge is 0.342 e. The standard InChI is InChI=1S/C22H18ClNO5S/c1-3-28-22(25)19-13(2)29-18-12-14-6-4-5-7-17(14)21(20(18)19)24-30(26,27)16-10-8-15(23)9-11-16/h4-12,24H,3H2,1-2H3. The second-order valence-corrected chi connectivity index (χ2v) is 8.78. The van der Waals surface area contributed by atoms with Crippen LogP contribution in [-0.4, -0.2) is 21.0 Å². The van der Waals surface area contributed by atoms with E-state index in [2.05, 4.69) is 4.72 Å². The quantitative estimate of drug-likeness (QED) is 0.410. The highest BCUT2D eigenvalue weighted by Crippen LogP contribution is 2.39. The monoisotopic (exact) mass is 443 g/mol. The van der Waals surface area contributed by atoms with Crippen molar-refractivity contribution < 1.29 is 22.4 Å². The number of sulfonamides is 1. The van der Waals surface area contributed by atoms with Gasteiger partial charge >= 0.3 is 5.97 Å². The average Bonchev–Trinajstić information content (AvgIpc) is 3.04. The van der Waals surface area contributed by atoms with Crippen molar-refractivity contribution in [1.82, 2.24) is 0 Å². The van der Waals surface area contributed by atoms with Gasteiger partial charge in [0.25, 0.3) is 10.0 Å². The molecule has 4 rings (SSSR count). The summed E-state index contributed by atoms with van der Waals surface area (Å²) in [5, 5.41) is 2.19. The van der Waals surface area contributed by atoms with Crippen LogP contribution in [0.2, 0.25) is 5.02 Å². The number of benzene rings is 3. The van der Waals surface area contributed by atoms with E-state index in [4.69, 9.17) is 20.8 Å². The fourth-order valence-electron chi connectivity index (χ4n) is 3.40. The summed E-state index contributed by atoms with van der Waals surface area (Å²) in [6.45, 7) is 3.54. The van der Waals surface area contributed by atoms with E-state index in [1.165, 1.54) is 24.3 Å². The Hall–Kier alpha value is -3.03. The molecule has 0 atom stereocenters. The molecular formula is C22H18ClNO5S. The van der Waals surface area contributed by atoms with Gasteiger partial charge in [-0.2, -0.15) is 0 Å². The molecule has 0 amide bonds. The Morgan fingerprint density at radius 3 is 2.53 bits per heavy atom. The lowest BCUT2D eigenvalue weighted by atomic mass is 10.0. The number of furan rings is 1. The first-order chi connectivity index (χ1) is 14.3. The number of carbonyl (C=O) groups excluding carboxylic acids is 1. The third-order valence-electron chi connectivity index (χ3n) is 4.72. The summed E-state index contributed by atoms with van der Waals surface area (Å²) in [6.07, 6.45) is 0. The van der Waals surface area contributed by atoms with Crippen LogP contribution in [0, 0.1) is 6.92 Å². The maximum Gasteiger partial charge on any atom is 0.342 e. The number of aryl methyl sites for hydroxylation is 1. The van der Waals surface area contributed by atoms with Crippen molar-refractivity contribution in [1.29, 1.82) is 0 Å². The van der Waals surface area contributed by atoms with Crippen molar-refractivity contribution in [3.8, 4) is 0 Å². The molecule has 1 heterocycles. The SMILES string of the molecule is CCOC(=O)c1c(C)oc2cc3ccccc3c(NS(=O)(=O)c3ccc(Cl)cc3)c12. The van der Waals surface area contributed by atoms with Crippen LogP contribution in [0.15, 0.2) is 63.9 Å². The zero-order valence-electron chi connectivity index (χ0n) is 16.2. The Kier molecular flexibility index (Phi) is 5.17. The van der Waals surface area contributed by atoms with Gasteiger partial charge in [-0.05, 0) is 49.6 Å². The van der Waals surface area contributed by atoms with E-state index in [0.717, 1.165) is 5.39 Å². The number of carbonyl (C=O) groups is 1. The van der Waals surface area contributed by atoms with Crippen LogP contribution in [0.3, 0.4) is 0 Å². The maximum absolute atomic E-state index is 13.1. The van der Waals surface area contributed by atoms with Crippen molar-refractivity contribution >= 4 is 55.0 Å². The number of rotatable bonds is 5. The minimum Gasteiger partial charge on any atom is -0.462 e. The highest BCUT2D eigenvalue weighted by molar-refractivity contribution is 7.92. The molecule has 1 N–H and O–H groups in total. The van der Waals surface area contributed by atoms with E-state index < -0.39 is 16.0 Å². The second kappa shape index (κ2) is 7.66. The van der Waals surface area contributed by atoms with Gasteiger partial charge in [0.2, 0.25) is 0 Å². The highest BCUT2D eigenvalue weighted by atomic mass is 35.5. The minimum atomic E-state index is -3.96. The molecular weight excluding hydrogens is 426 g/mol. The number of hydrogen-bond donors (Lipinski definition) is 1. The molecule has 0 saturated carbocycles. The van der Waals surface area contributed by atoms with Crippen molar-refractivity contribution in [2.75, 3.05) is 11.3 Å². The number of halogens is 1. The molecule has 0 aliphatic rings. The molecule has 0 saturated heterocycles. The molecule has 0 aliphatic carbocycles. The summed E-state index contributed by atoms with van der Waals surface area (Å²) < 4.78 is 39.9. The Morgan fingerprint density at radius 1 is 1.13 bits per heavy atom. The van der Waals surface area contributed by atoms with E-state index >= 15 is 0 Å². The molecule has 6 nitrogen and oxygen atoms in total. The van der Waals surface area contributed by atoms with Crippen LogP contribution in [0.25, 0.3) is 21.7 Å². The predicted molar refractivity (Wildman–Crippen MR) is 117 cm³/mol. The molecule has 0 radical (unpaired) electrons. The van der Waals surface area contributed by atoms with Gasteiger partial charge in [0.1, 0.15) is 16.9 Å². The summed E-state index contributed by atoms with van der Waals surface area (Å²) in [7, 11) is -3.96. The Balaban J connectivity index is 2.00. The lowest BCUT2D eigenvalue weighted by Gasteiger charge is -2.13. The Labute approximate surface area is 178 Å². The molecule has 4 aromatic rings. The molecule has 0 unspecified atom stereocenters. The van der Waals surface area contributed by atoms with Gasteiger partial charge in [-0.3, -0.25) is 4.72 Å². The molecule has 1 aromatic heterocycles. The Bertz CT molecular complexity index is 1370. The largest absolute Gasteiger partial charge is 0.462 e. The van der Waals surface area contributed by atoms with Crippen LogP contribution in [0.4, 0.5) is 5.69 Å². The van der Waals surface area contributed by atoms with E-state index in [9.17, 15) is 13.2 Å². The number of anilines is 1. The Morgan fingerprint density at radius 2 is 1.83 bits per heavy atom. The van der Waals surface area contributed by atoms with Crippen molar-refractivity contribution in [2.24, 2.45) is 0 Å². The van der Waals surface area contributed by atoms with Crippen LogP contribution in [0.5, 0.6) is 0 Å². The molecule has 0 bridgehead atoms. The summed E-state index contributed by atoms with van der Waals surface area (Å²) >= 11 is 5.89. The van der Waals surface area contributed by atoms with Crippen molar-refractivity contribution in [2.45, 2.75) is 18.7 Å². The molecule has 154 valence electrons. The third kappa shape index (κ3) is 3.51. The van der Waals surface area contributed by atoms with E-state index in [-0.39, 0.29) is 22.8 Å². The maximum atomic E-state index is 13.1. The molecule has 30 heavy (non-hydrogen) atoms. The van der Waals surface area contributed by atoms with Gasteiger partial charge < -0.3 is 9.15 Å². The first kappa shape index (κ1) is 20.3. The number of esters is 1. The van der Waals surface area contributed by atoms with Gasteiger partial charge in [0, 0.05) is 10.4 Å². The van der Waals surface area contributed by atoms with Crippen molar-refractivity contribution in [3.63, 3.8) is 0 Å². The summed E-state index contributed by atoms with van der Waals surface area (Å²) in [4.78, 5) is 12.7. The second-order valence-electron chi connectivity index (χ2n) is 6.66. The third-order valence-corrected chi connectivity index (χ3v) is 6.34. The summed E-state index contributed by atoms with van der Waals surface area (Å²) in [6, 6.07) is 14.9. The van der Waals surface area contributed by atoms with E-state index in [0.29, 0.717) is 27.1 Å². The normalized spacial score (nSPS) is 11.7. The summed E-state index contributed by atoms with van der Waals surface area (Å²) in [5.74, 6) is -0.221. The number of nitrogens with one attached hydrogen (secondary N) is 1. The topological polar surface area (TPSA) is 85.6 Å². The van der Waals surface area contributed by atoms with Crippen LogP contribution in [0.1, 0.15) is 23.0 Å². The minimum absolute atomic E-state index is 0.0471. The zero-order chi connectivity index (χ0) is 21.5. The first-order valence-corrected chi connectivity index (χ1v) is 11.1. The average molecular weight is 444 g/mol. The van der Waals surface area contributed by atoms with Crippen LogP contribution >= 0.6 is 11.6 Å². The van der Waals surface area contributed by atoms with E-state index in [1.807, 2.05) is 12.1 Å². The number of hydrogen-bond acceptors (Lipinski definition) is 5. The number of fused-ring (bicyclic) bond motifs is 2. The lowest BCUT2D eigenvalue weighted by molar-refractivity contribution is 0.0526. The molecule has 8 heteroatoms. The predicted octanol–water partition coefficient (Wildman–Crippen LogP) is 5.53. The molecule has 0 fully saturated rings. The van der Waals surface area contributed by atoms with Gasteiger partial charge in [-0.25, -0.2) is 13.2 Å². The molecule has 0 spiro atoms. The first-order valence-electron chi connectivity index (χ1n) is 9.22. The lowest BCUT2D eigenvalue weighted by Crippen LogP contribution is -2.14. The fraction of sp³-hybridized carbons (Fsp3) is 0.136.